The molecule has 0 atom stereocenters. The zero-order valence-corrected chi connectivity index (χ0v) is 12.2. The zero-order chi connectivity index (χ0) is 15.4. The minimum absolute atomic E-state index is 0.112. The second-order valence-corrected chi connectivity index (χ2v) is 4.93. The number of hydrogen-bond donors (Lipinski definition) is 2. The minimum atomic E-state index is -0.252. The van der Waals surface area contributed by atoms with Crippen molar-refractivity contribution in [3.8, 4) is 0 Å². The van der Waals surface area contributed by atoms with Gasteiger partial charge in [0.15, 0.2) is 0 Å². The van der Waals surface area contributed by atoms with Crippen molar-refractivity contribution in [2.75, 3.05) is 12.3 Å². The van der Waals surface area contributed by atoms with Crippen molar-refractivity contribution in [1.29, 1.82) is 0 Å². The number of nitrogens with one attached hydrogen (secondary N) is 1. The van der Waals surface area contributed by atoms with E-state index in [1.165, 1.54) is 6.07 Å². The molecule has 0 aliphatic carbocycles. The lowest BCUT2D eigenvalue weighted by molar-refractivity contribution is -0.121. The van der Waals surface area contributed by atoms with Gasteiger partial charge in [-0.2, -0.15) is 5.10 Å². The van der Waals surface area contributed by atoms with Crippen LogP contribution in [0.15, 0.2) is 24.3 Å². The summed E-state index contributed by atoms with van der Waals surface area (Å²) < 4.78 is 15.0. The first-order valence-electron chi connectivity index (χ1n) is 6.78. The van der Waals surface area contributed by atoms with E-state index in [2.05, 4.69) is 10.4 Å². The summed E-state index contributed by atoms with van der Waals surface area (Å²) in [5.74, 6) is -0.421. The number of aryl methyl sites for hydroxylation is 1. The summed E-state index contributed by atoms with van der Waals surface area (Å²) in [4.78, 5) is 11.9. The average Bonchev–Trinajstić information content (AvgIpc) is 2.68. The smallest absolute Gasteiger partial charge is 0.241 e. The van der Waals surface area contributed by atoms with Crippen LogP contribution in [-0.4, -0.2) is 22.2 Å². The van der Waals surface area contributed by atoms with E-state index >= 15 is 0 Å². The molecule has 0 unspecified atom stereocenters. The molecule has 3 N–H and O–H groups in total. The molecular formula is C15H19FN4O. The Labute approximate surface area is 123 Å². The molecule has 0 saturated heterocycles. The zero-order valence-electron chi connectivity index (χ0n) is 12.2. The molecule has 5 nitrogen and oxygen atoms in total. The largest absolute Gasteiger partial charge is 0.396 e. The quantitative estimate of drug-likeness (QED) is 0.878. The predicted molar refractivity (Wildman–Crippen MR) is 79.2 cm³/mol. The highest BCUT2D eigenvalue weighted by Crippen LogP contribution is 2.14. The van der Waals surface area contributed by atoms with Crippen LogP contribution in [-0.2, 0) is 17.8 Å². The SMILES string of the molecule is Cc1nn(CC(=O)NCCc2ccccc2F)c(C)c1N. The van der Waals surface area contributed by atoms with Crippen molar-refractivity contribution >= 4 is 11.6 Å². The molecule has 0 fully saturated rings. The van der Waals surface area contributed by atoms with Crippen molar-refractivity contribution in [1.82, 2.24) is 15.1 Å². The van der Waals surface area contributed by atoms with E-state index in [1.807, 2.05) is 6.92 Å². The molecule has 2 aromatic rings. The van der Waals surface area contributed by atoms with Gasteiger partial charge in [0.1, 0.15) is 12.4 Å². The van der Waals surface area contributed by atoms with Gasteiger partial charge in [-0.15, -0.1) is 0 Å². The fourth-order valence-electron chi connectivity index (χ4n) is 2.09. The lowest BCUT2D eigenvalue weighted by Gasteiger charge is -2.07. The van der Waals surface area contributed by atoms with Gasteiger partial charge in [0.2, 0.25) is 5.91 Å². The first-order chi connectivity index (χ1) is 9.99. The van der Waals surface area contributed by atoms with Crippen molar-refractivity contribution in [3.63, 3.8) is 0 Å². The summed E-state index contributed by atoms with van der Waals surface area (Å²) in [5, 5.41) is 6.96. The molecule has 1 heterocycles. The number of nitrogens with two attached hydrogens (primary N) is 1. The third-order valence-electron chi connectivity index (χ3n) is 3.41. The number of anilines is 1. The summed E-state index contributed by atoms with van der Waals surface area (Å²) >= 11 is 0. The van der Waals surface area contributed by atoms with Gasteiger partial charge in [-0.1, -0.05) is 18.2 Å². The van der Waals surface area contributed by atoms with Crippen molar-refractivity contribution in [2.45, 2.75) is 26.8 Å². The molecule has 1 aromatic heterocycles. The fourth-order valence-corrected chi connectivity index (χ4v) is 2.09. The van der Waals surface area contributed by atoms with Crippen LogP contribution in [0.25, 0.3) is 0 Å². The second kappa shape index (κ2) is 6.39. The number of rotatable bonds is 5. The number of halogens is 1. The molecule has 1 aromatic carbocycles. The Balaban J connectivity index is 1.85. The van der Waals surface area contributed by atoms with Crippen LogP contribution < -0.4 is 11.1 Å². The van der Waals surface area contributed by atoms with E-state index in [9.17, 15) is 9.18 Å². The summed E-state index contributed by atoms with van der Waals surface area (Å²) in [6.07, 6.45) is 0.456. The van der Waals surface area contributed by atoms with E-state index in [0.717, 1.165) is 5.69 Å². The topological polar surface area (TPSA) is 72.9 Å². The van der Waals surface area contributed by atoms with Crippen LogP contribution in [0.2, 0.25) is 0 Å². The standard InChI is InChI=1S/C15H19FN4O/c1-10-15(17)11(2)20(19-10)9-14(21)18-8-7-12-5-3-4-6-13(12)16/h3-6H,7-9,17H2,1-2H3,(H,18,21). The van der Waals surface area contributed by atoms with Gasteiger partial charge >= 0.3 is 0 Å². The highest BCUT2D eigenvalue weighted by molar-refractivity contribution is 5.75. The molecule has 112 valence electrons. The Morgan fingerprint density at radius 2 is 2.10 bits per heavy atom. The maximum absolute atomic E-state index is 13.4. The third kappa shape index (κ3) is 3.59. The number of nitrogens with zero attached hydrogens (tertiary/aromatic N) is 2. The maximum atomic E-state index is 13.4. The van der Waals surface area contributed by atoms with Crippen molar-refractivity contribution in [3.05, 3.63) is 47.0 Å². The summed E-state index contributed by atoms with van der Waals surface area (Å²) in [6.45, 7) is 4.12. The Morgan fingerprint density at radius 3 is 2.71 bits per heavy atom. The molecule has 0 aliphatic rings. The van der Waals surface area contributed by atoms with E-state index in [0.29, 0.717) is 29.9 Å². The monoisotopic (exact) mass is 290 g/mol. The normalized spacial score (nSPS) is 10.6. The van der Waals surface area contributed by atoms with Crippen LogP contribution in [0.4, 0.5) is 10.1 Å². The van der Waals surface area contributed by atoms with E-state index in [4.69, 9.17) is 5.73 Å². The third-order valence-corrected chi connectivity index (χ3v) is 3.41. The molecule has 0 saturated carbocycles. The molecule has 0 aliphatic heterocycles. The van der Waals surface area contributed by atoms with Crippen LogP contribution in [0.5, 0.6) is 0 Å². The number of carbonyl (C=O) groups excluding carboxylic acids is 1. The van der Waals surface area contributed by atoms with Gasteiger partial charge in [0.25, 0.3) is 0 Å². The summed E-state index contributed by atoms with van der Waals surface area (Å²) in [6, 6.07) is 6.54. The molecule has 6 heteroatoms. The fraction of sp³-hybridized carbons (Fsp3) is 0.333. The van der Waals surface area contributed by atoms with Crippen LogP contribution in [0, 0.1) is 19.7 Å². The Kier molecular flexibility index (Phi) is 4.57. The Bertz CT molecular complexity index is 651. The van der Waals surface area contributed by atoms with Gasteiger partial charge in [0.05, 0.1) is 17.1 Å². The van der Waals surface area contributed by atoms with Crippen LogP contribution >= 0.6 is 0 Å². The molecule has 2 rings (SSSR count). The molecule has 0 spiro atoms. The summed E-state index contributed by atoms with van der Waals surface area (Å²) in [7, 11) is 0. The number of hydrogen-bond acceptors (Lipinski definition) is 3. The second-order valence-electron chi connectivity index (χ2n) is 4.93. The lowest BCUT2D eigenvalue weighted by Crippen LogP contribution is -2.30. The Morgan fingerprint density at radius 1 is 1.38 bits per heavy atom. The van der Waals surface area contributed by atoms with Crippen molar-refractivity contribution < 1.29 is 9.18 Å². The van der Waals surface area contributed by atoms with Gasteiger partial charge < -0.3 is 11.1 Å². The number of carbonyl (C=O) groups is 1. The van der Waals surface area contributed by atoms with Gasteiger partial charge in [-0.3, -0.25) is 9.48 Å². The van der Waals surface area contributed by atoms with Gasteiger partial charge in [-0.05, 0) is 31.9 Å². The molecule has 0 radical (unpaired) electrons. The average molecular weight is 290 g/mol. The van der Waals surface area contributed by atoms with Crippen LogP contribution in [0.3, 0.4) is 0 Å². The molecular weight excluding hydrogens is 271 g/mol. The lowest BCUT2D eigenvalue weighted by atomic mass is 10.1. The number of nitrogen functional groups attached to an aromatic ring is 1. The first kappa shape index (κ1) is 15.0. The molecule has 1 amide bonds. The van der Waals surface area contributed by atoms with Gasteiger partial charge in [0, 0.05) is 6.54 Å². The minimum Gasteiger partial charge on any atom is -0.396 e. The van der Waals surface area contributed by atoms with Crippen molar-refractivity contribution in [2.24, 2.45) is 0 Å². The Hall–Kier alpha value is -2.37. The van der Waals surface area contributed by atoms with E-state index < -0.39 is 0 Å². The molecule has 0 bridgehead atoms. The van der Waals surface area contributed by atoms with Crippen LogP contribution in [0.1, 0.15) is 17.0 Å². The number of aromatic nitrogens is 2. The number of amides is 1. The van der Waals surface area contributed by atoms with E-state index in [-0.39, 0.29) is 18.3 Å². The van der Waals surface area contributed by atoms with Gasteiger partial charge in [-0.25, -0.2) is 4.39 Å². The highest BCUT2D eigenvalue weighted by Gasteiger charge is 2.11. The van der Waals surface area contributed by atoms with E-state index in [1.54, 1.807) is 29.8 Å². The first-order valence-corrected chi connectivity index (χ1v) is 6.78. The molecule has 21 heavy (non-hydrogen) atoms. The maximum Gasteiger partial charge on any atom is 0.241 e. The predicted octanol–water partition coefficient (Wildman–Crippen LogP) is 1.58. The summed E-state index contributed by atoms with van der Waals surface area (Å²) in [5.41, 5.74) is 8.50. The highest BCUT2D eigenvalue weighted by atomic mass is 19.1. The number of benzene rings is 1.